The van der Waals surface area contributed by atoms with E-state index in [2.05, 4.69) is 47.6 Å². The average molecular weight is 561 g/mol. The van der Waals surface area contributed by atoms with Crippen LogP contribution >= 0.6 is 0 Å². The minimum atomic E-state index is -0.186. The fourth-order valence-corrected chi connectivity index (χ4v) is 11.8. The monoisotopic (exact) mass is 560 g/mol. The van der Waals surface area contributed by atoms with Gasteiger partial charge in [-0.2, -0.15) is 0 Å². The van der Waals surface area contributed by atoms with Crippen LogP contribution in [0.15, 0.2) is 42.0 Å². The van der Waals surface area contributed by atoms with Gasteiger partial charge in [-0.05, 0) is 116 Å². The fourth-order valence-electron chi connectivity index (χ4n) is 11.8. The van der Waals surface area contributed by atoms with Crippen molar-refractivity contribution in [2.75, 3.05) is 7.11 Å². The van der Waals surface area contributed by atoms with E-state index in [0.717, 1.165) is 38.5 Å². The second-order valence-electron chi connectivity index (χ2n) is 15.8. The van der Waals surface area contributed by atoms with E-state index in [1.165, 1.54) is 19.3 Å². The number of benzene rings is 1. The van der Waals surface area contributed by atoms with Gasteiger partial charge in [0.1, 0.15) is 6.10 Å². The molecule has 0 spiro atoms. The van der Waals surface area contributed by atoms with Crippen molar-refractivity contribution in [3.8, 4) is 0 Å². The number of carbonyl (C=O) groups is 2. The molecule has 10 atom stereocenters. The molecule has 224 valence electrons. The first kappa shape index (κ1) is 29.0. The maximum absolute atomic E-state index is 13.1. The number of ether oxygens (including phenoxy) is 2. The average Bonchev–Trinajstić information content (AvgIpc) is 2.95. The molecule has 0 aromatic heterocycles. The minimum absolute atomic E-state index is 0.0102. The lowest BCUT2D eigenvalue weighted by Crippen LogP contribution is -2.64. The standard InChI is InChI=1S/C37H52O4/c1-23-13-14-26(33(39)40-7)25-17-21-36(5)27(31(23)25)15-16-29-35(4)20-19-30(41-32(38)24-11-9-8-10-12-24)34(2,3)28(35)18-22-37(29,36)6/h8-12,15,23,25-26,28-31H,13-14,16-22H2,1-7H3/t23-,25+,26+,28-,29+,30-,31+,35-,36+,37+/m0/s1. The van der Waals surface area contributed by atoms with Gasteiger partial charge in [0, 0.05) is 5.41 Å². The SMILES string of the molecule is COC(=O)[C@@H]1CC[C@H](C)[C@H]2C3=CC[C@@H]4[C@@]5(C)CC[C@H](OC(=O)c6ccccc6)C(C)(C)[C@@H]5CC[C@@]4(C)[C@]3(C)CC[C@@H]21. The molecule has 0 heterocycles. The van der Waals surface area contributed by atoms with E-state index in [0.29, 0.717) is 35.2 Å². The Morgan fingerprint density at radius 1 is 0.854 bits per heavy atom. The third-order valence-electron chi connectivity index (χ3n) is 14.1. The van der Waals surface area contributed by atoms with Crippen LogP contribution in [0.25, 0.3) is 0 Å². The normalized spacial score (nSPS) is 44.7. The van der Waals surface area contributed by atoms with Crippen molar-refractivity contribution >= 4 is 11.9 Å². The Hall–Kier alpha value is -2.10. The van der Waals surface area contributed by atoms with E-state index in [-0.39, 0.29) is 45.6 Å². The Morgan fingerprint density at radius 2 is 1.59 bits per heavy atom. The van der Waals surface area contributed by atoms with Crippen molar-refractivity contribution in [1.29, 1.82) is 0 Å². The molecular weight excluding hydrogens is 508 g/mol. The van der Waals surface area contributed by atoms with E-state index >= 15 is 0 Å². The van der Waals surface area contributed by atoms with E-state index in [4.69, 9.17) is 9.47 Å². The third kappa shape index (κ3) is 4.12. The molecule has 5 aliphatic rings. The van der Waals surface area contributed by atoms with E-state index in [1.54, 1.807) is 12.7 Å². The van der Waals surface area contributed by atoms with Crippen molar-refractivity contribution in [1.82, 2.24) is 0 Å². The molecule has 1 aromatic carbocycles. The van der Waals surface area contributed by atoms with Gasteiger partial charge < -0.3 is 9.47 Å². The number of allylic oxidation sites excluding steroid dienone is 2. The van der Waals surface area contributed by atoms with Crippen LogP contribution in [0.4, 0.5) is 0 Å². The largest absolute Gasteiger partial charge is 0.469 e. The molecule has 0 radical (unpaired) electrons. The molecule has 4 fully saturated rings. The van der Waals surface area contributed by atoms with Crippen molar-refractivity contribution in [3.63, 3.8) is 0 Å². The van der Waals surface area contributed by atoms with Gasteiger partial charge in [0.15, 0.2) is 0 Å². The number of methoxy groups -OCH3 is 1. The summed E-state index contributed by atoms with van der Waals surface area (Å²) in [7, 11) is 1.56. The molecule has 0 aliphatic heterocycles. The Morgan fingerprint density at radius 3 is 2.29 bits per heavy atom. The van der Waals surface area contributed by atoms with Crippen LogP contribution in [0.5, 0.6) is 0 Å². The highest BCUT2D eigenvalue weighted by Crippen LogP contribution is 2.74. The summed E-state index contributed by atoms with van der Waals surface area (Å²) in [6.45, 7) is 15.0. The smallest absolute Gasteiger partial charge is 0.338 e. The van der Waals surface area contributed by atoms with E-state index < -0.39 is 0 Å². The molecule has 0 bridgehead atoms. The molecule has 0 unspecified atom stereocenters. The highest BCUT2D eigenvalue weighted by molar-refractivity contribution is 5.89. The van der Waals surface area contributed by atoms with Crippen molar-refractivity contribution in [3.05, 3.63) is 47.5 Å². The van der Waals surface area contributed by atoms with Crippen molar-refractivity contribution in [2.24, 2.45) is 57.2 Å². The van der Waals surface area contributed by atoms with E-state index in [1.807, 2.05) is 30.3 Å². The summed E-state index contributed by atoms with van der Waals surface area (Å²) < 4.78 is 11.6. The molecular formula is C37H52O4. The summed E-state index contributed by atoms with van der Waals surface area (Å²) in [5.41, 5.74) is 2.86. The molecule has 1 aromatic rings. The van der Waals surface area contributed by atoms with Crippen LogP contribution in [0.1, 0.15) is 110 Å². The lowest BCUT2D eigenvalue weighted by molar-refractivity contribution is -0.201. The Kier molecular flexibility index (Phi) is 7.06. The number of hydrogen-bond acceptors (Lipinski definition) is 4. The van der Waals surface area contributed by atoms with Crippen LogP contribution in [0, 0.1) is 57.2 Å². The Bertz CT molecular complexity index is 1220. The molecule has 4 heteroatoms. The van der Waals surface area contributed by atoms with Crippen LogP contribution in [-0.2, 0) is 14.3 Å². The number of carbonyl (C=O) groups excluding carboxylic acids is 2. The minimum Gasteiger partial charge on any atom is -0.469 e. The first-order valence-corrected chi connectivity index (χ1v) is 16.4. The van der Waals surface area contributed by atoms with E-state index in [9.17, 15) is 9.59 Å². The summed E-state index contributed by atoms with van der Waals surface area (Å²) in [6, 6.07) is 9.47. The summed E-state index contributed by atoms with van der Waals surface area (Å²) in [4.78, 5) is 25.9. The highest BCUT2D eigenvalue weighted by Gasteiger charge is 2.67. The van der Waals surface area contributed by atoms with Crippen LogP contribution in [0.2, 0.25) is 0 Å². The third-order valence-corrected chi connectivity index (χ3v) is 14.1. The zero-order chi connectivity index (χ0) is 29.4. The fraction of sp³-hybridized carbons (Fsp3) is 0.730. The molecule has 0 saturated heterocycles. The number of hydrogen-bond donors (Lipinski definition) is 0. The Labute approximate surface area is 248 Å². The van der Waals surface area contributed by atoms with Crippen LogP contribution in [0.3, 0.4) is 0 Å². The van der Waals surface area contributed by atoms with Crippen molar-refractivity contribution in [2.45, 2.75) is 105 Å². The maximum atomic E-state index is 13.1. The molecule has 0 amide bonds. The zero-order valence-corrected chi connectivity index (χ0v) is 26.5. The van der Waals surface area contributed by atoms with Crippen molar-refractivity contribution < 1.29 is 19.1 Å². The topological polar surface area (TPSA) is 52.6 Å². The summed E-state index contributed by atoms with van der Waals surface area (Å²) in [6.07, 6.45) is 12.6. The van der Waals surface area contributed by atoms with Gasteiger partial charge in [0.2, 0.25) is 0 Å². The molecule has 0 N–H and O–H groups in total. The van der Waals surface area contributed by atoms with Gasteiger partial charge >= 0.3 is 11.9 Å². The predicted molar refractivity (Wildman–Crippen MR) is 162 cm³/mol. The molecule has 41 heavy (non-hydrogen) atoms. The molecule has 4 saturated carbocycles. The number of esters is 2. The molecule has 6 rings (SSSR count). The van der Waals surface area contributed by atoms with Crippen LogP contribution < -0.4 is 0 Å². The lowest BCUT2D eigenvalue weighted by atomic mass is 9.34. The number of rotatable bonds is 3. The zero-order valence-electron chi connectivity index (χ0n) is 26.5. The summed E-state index contributed by atoms with van der Waals surface area (Å²) in [5.74, 6) is 2.55. The first-order valence-electron chi connectivity index (χ1n) is 16.4. The summed E-state index contributed by atoms with van der Waals surface area (Å²) >= 11 is 0. The van der Waals surface area contributed by atoms with Gasteiger partial charge in [0.05, 0.1) is 18.6 Å². The molecule has 4 nitrogen and oxygen atoms in total. The van der Waals surface area contributed by atoms with Gasteiger partial charge in [-0.3, -0.25) is 4.79 Å². The van der Waals surface area contributed by atoms with Gasteiger partial charge in [-0.1, -0.05) is 71.4 Å². The number of fused-ring (bicyclic) bond motifs is 7. The molecule has 5 aliphatic carbocycles. The lowest BCUT2D eigenvalue weighted by Gasteiger charge is -2.70. The maximum Gasteiger partial charge on any atom is 0.338 e. The van der Waals surface area contributed by atoms with Gasteiger partial charge in [-0.25, -0.2) is 4.79 Å². The second-order valence-corrected chi connectivity index (χ2v) is 15.8. The van der Waals surface area contributed by atoms with Gasteiger partial charge in [0.25, 0.3) is 0 Å². The van der Waals surface area contributed by atoms with Crippen LogP contribution in [-0.4, -0.2) is 25.2 Å². The Balaban J connectivity index is 1.29. The predicted octanol–water partition coefficient (Wildman–Crippen LogP) is 8.65. The van der Waals surface area contributed by atoms with Gasteiger partial charge in [-0.15, -0.1) is 0 Å². The summed E-state index contributed by atoms with van der Waals surface area (Å²) in [5, 5.41) is 0. The quantitative estimate of drug-likeness (QED) is 0.274. The second kappa shape index (κ2) is 9.98. The highest BCUT2D eigenvalue weighted by atomic mass is 16.5. The first-order chi connectivity index (χ1) is 19.4.